The Morgan fingerprint density at radius 3 is 2.30 bits per heavy atom. The molecule has 3 aromatic rings. The Labute approximate surface area is 177 Å². The van der Waals surface area contributed by atoms with Gasteiger partial charge in [-0.1, -0.05) is 0 Å². The van der Waals surface area contributed by atoms with Crippen molar-refractivity contribution >= 4 is 27.9 Å². The topological polar surface area (TPSA) is 107 Å². The number of benzene rings is 1. The van der Waals surface area contributed by atoms with E-state index < -0.39 is 11.7 Å². The number of nitriles is 1. The average Bonchev–Trinajstić information content (AvgIpc) is 3.25. The lowest BCUT2D eigenvalue weighted by Gasteiger charge is -2.19. The molecule has 0 unspecified atom stereocenters. The molecule has 2 aromatic heterocycles. The number of aromatic nitrogens is 2. The minimum Gasteiger partial charge on any atom is -0.496 e. The molecular formula is C20H22N4O5S. The van der Waals surface area contributed by atoms with Crippen LogP contribution >= 0.6 is 11.3 Å². The fourth-order valence-electron chi connectivity index (χ4n) is 2.87. The van der Waals surface area contributed by atoms with E-state index in [0.29, 0.717) is 38.8 Å². The standard InChI is InChI=1S/C20H22N4O5S/c1-20(2,3)29-19(25)22-16-17(28-6)23-24-12(10-30-18(16)24)15-13(26-4)7-11(9-21)8-14(15)27-5/h7-8,10H,1-6H3,(H,22,25). The minimum atomic E-state index is -0.645. The highest BCUT2D eigenvalue weighted by molar-refractivity contribution is 7.16. The third-order valence-electron chi connectivity index (χ3n) is 4.03. The Morgan fingerprint density at radius 2 is 1.80 bits per heavy atom. The normalized spacial score (nSPS) is 11.1. The molecule has 30 heavy (non-hydrogen) atoms. The van der Waals surface area contributed by atoms with E-state index in [4.69, 9.17) is 18.9 Å². The molecule has 0 bridgehead atoms. The SMILES string of the molecule is COc1cc(C#N)cc(OC)c1-c1csc2c(NC(=O)OC(C)(C)C)c(OC)nn12. The smallest absolute Gasteiger partial charge is 0.412 e. The van der Waals surface area contributed by atoms with Crippen molar-refractivity contribution in [3.8, 4) is 34.7 Å². The molecule has 9 nitrogen and oxygen atoms in total. The van der Waals surface area contributed by atoms with E-state index in [9.17, 15) is 10.1 Å². The summed E-state index contributed by atoms with van der Waals surface area (Å²) in [6.45, 7) is 5.35. The highest BCUT2D eigenvalue weighted by Gasteiger charge is 2.25. The van der Waals surface area contributed by atoms with Gasteiger partial charge < -0.3 is 18.9 Å². The first-order chi connectivity index (χ1) is 14.2. The first-order valence-electron chi connectivity index (χ1n) is 8.93. The van der Waals surface area contributed by atoms with Crippen LogP contribution in [0.1, 0.15) is 26.3 Å². The molecule has 0 spiro atoms. The van der Waals surface area contributed by atoms with Crippen molar-refractivity contribution in [1.29, 1.82) is 5.26 Å². The number of carbonyl (C=O) groups is 1. The van der Waals surface area contributed by atoms with Crippen molar-refractivity contribution in [3.63, 3.8) is 0 Å². The lowest BCUT2D eigenvalue weighted by Crippen LogP contribution is -2.27. The molecule has 158 valence electrons. The quantitative estimate of drug-likeness (QED) is 0.643. The molecule has 3 rings (SSSR count). The number of nitrogens with zero attached hydrogens (tertiary/aromatic N) is 3. The van der Waals surface area contributed by atoms with Crippen molar-refractivity contribution in [2.45, 2.75) is 26.4 Å². The number of amides is 1. The number of anilines is 1. The Balaban J connectivity index is 2.14. The van der Waals surface area contributed by atoms with E-state index in [1.165, 1.54) is 32.7 Å². The van der Waals surface area contributed by atoms with Crippen LogP contribution in [0.25, 0.3) is 16.1 Å². The maximum Gasteiger partial charge on any atom is 0.412 e. The lowest BCUT2D eigenvalue weighted by atomic mass is 10.1. The van der Waals surface area contributed by atoms with Gasteiger partial charge in [-0.2, -0.15) is 5.26 Å². The fraction of sp³-hybridized carbons (Fsp3) is 0.350. The Kier molecular flexibility index (Phi) is 5.75. The van der Waals surface area contributed by atoms with Gasteiger partial charge in [0.15, 0.2) is 0 Å². The molecule has 0 aliphatic carbocycles. The summed E-state index contributed by atoms with van der Waals surface area (Å²) in [7, 11) is 4.50. The third kappa shape index (κ3) is 3.97. The summed E-state index contributed by atoms with van der Waals surface area (Å²) >= 11 is 1.35. The summed E-state index contributed by atoms with van der Waals surface area (Å²) in [5.74, 6) is 1.16. The second-order valence-corrected chi connectivity index (χ2v) is 8.07. The van der Waals surface area contributed by atoms with Crippen molar-refractivity contribution in [3.05, 3.63) is 23.1 Å². The third-order valence-corrected chi connectivity index (χ3v) is 4.97. The van der Waals surface area contributed by atoms with E-state index in [1.807, 2.05) is 5.38 Å². The largest absolute Gasteiger partial charge is 0.496 e. The lowest BCUT2D eigenvalue weighted by molar-refractivity contribution is 0.0635. The van der Waals surface area contributed by atoms with Gasteiger partial charge in [-0.25, -0.2) is 9.31 Å². The zero-order valence-electron chi connectivity index (χ0n) is 17.5. The number of hydrogen-bond acceptors (Lipinski definition) is 8. The Morgan fingerprint density at radius 1 is 1.17 bits per heavy atom. The van der Waals surface area contributed by atoms with Crippen LogP contribution in [0, 0.1) is 11.3 Å². The number of nitrogens with one attached hydrogen (secondary N) is 1. The maximum atomic E-state index is 12.3. The molecule has 10 heteroatoms. The average molecular weight is 430 g/mol. The second kappa shape index (κ2) is 8.12. The van der Waals surface area contributed by atoms with Gasteiger partial charge >= 0.3 is 6.09 Å². The van der Waals surface area contributed by atoms with Crippen LogP contribution in [0.3, 0.4) is 0 Å². The molecule has 1 amide bonds. The molecule has 2 heterocycles. The summed E-state index contributed by atoms with van der Waals surface area (Å²) in [6.07, 6.45) is -0.612. The number of fused-ring (bicyclic) bond motifs is 1. The maximum absolute atomic E-state index is 12.3. The summed E-state index contributed by atoms with van der Waals surface area (Å²) in [6, 6.07) is 5.34. The van der Waals surface area contributed by atoms with Crippen molar-refractivity contribution in [2.24, 2.45) is 0 Å². The molecular weight excluding hydrogens is 408 g/mol. The summed E-state index contributed by atoms with van der Waals surface area (Å²) in [5, 5.41) is 18.3. The first-order valence-corrected chi connectivity index (χ1v) is 9.81. The van der Waals surface area contributed by atoms with E-state index in [2.05, 4.69) is 16.5 Å². The van der Waals surface area contributed by atoms with Gasteiger partial charge in [-0.15, -0.1) is 16.4 Å². The predicted molar refractivity (Wildman–Crippen MR) is 113 cm³/mol. The zero-order valence-corrected chi connectivity index (χ0v) is 18.3. The van der Waals surface area contributed by atoms with Crippen LogP contribution < -0.4 is 19.5 Å². The van der Waals surface area contributed by atoms with Crippen LogP contribution in [0.4, 0.5) is 10.5 Å². The van der Waals surface area contributed by atoms with Crippen LogP contribution in [0.5, 0.6) is 17.4 Å². The van der Waals surface area contributed by atoms with Crippen LogP contribution in [-0.4, -0.2) is 42.6 Å². The van der Waals surface area contributed by atoms with Gasteiger partial charge in [0.25, 0.3) is 5.88 Å². The number of thiazole rings is 1. The second-order valence-electron chi connectivity index (χ2n) is 7.22. The van der Waals surface area contributed by atoms with Gasteiger partial charge in [0.05, 0.1) is 44.2 Å². The van der Waals surface area contributed by atoms with Gasteiger partial charge in [0.1, 0.15) is 27.6 Å². The zero-order chi connectivity index (χ0) is 22.1. The monoisotopic (exact) mass is 430 g/mol. The van der Waals surface area contributed by atoms with Gasteiger partial charge in [0.2, 0.25) is 0 Å². The molecule has 0 radical (unpaired) electrons. The molecule has 0 aliphatic rings. The Hall–Kier alpha value is -3.45. The van der Waals surface area contributed by atoms with Crippen LogP contribution in [-0.2, 0) is 4.74 Å². The summed E-state index contributed by atoms with van der Waals surface area (Å²) < 4.78 is 23.3. The molecule has 0 saturated carbocycles. The molecule has 1 aromatic carbocycles. The minimum absolute atomic E-state index is 0.237. The molecule has 0 fully saturated rings. The van der Waals surface area contributed by atoms with E-state index in [-0.39, 0.29) is 5.88 Å². The van der Waals surface area contributed by atoms with E-state index in [1.54, 1.807) is 37.4 Å². The number of rotatable bonds is 5. The highest BCUT2D eigenvalue weighted by atomic mass is 32.1. The van der Waals surface area contributed by atoms with Gasteiger partial charge in [-0.3, -0.25) is 5.32 Å². The molecule has 0 atom stereocenters. The number of hydrogen-bond donors (Lipinski definition) is 1. The highest BCUT2D eigenvalue weighted by Crippen LogP contribution is 2.43. The fourth-order valence-corrected chi connectivity index (χ4v) is 3.80. The molecule has 0 aliphatic heterocycles. The van der Waals surface area contributed by atoms with Crippen LogP contribution in [0.2, 0.25) is 0 Å². The number of carbonyl (C=O) groups excluding carboxylic acids is 1. The number of methoxy groups -OCH3 is 3. The molecule has 1 N–H and O–H groups in total. The van der Waals surface area contributed by atoms with Gasteiger partial charge in [-0.05, 0) is 32.9 Å². The van der Waals surface area contributed by atoms with E-state index >= 15 is 0 Å². The van der Waals surface area contributed by atoms with E-state index in [0.717, 1.165) is 0 Å². The van der Waals surface area contributed by atoms with Crippen molar-refractivity contribution in [2.75, 3.05) is 26.6 Å². The first kappa shape index (κ1) is 21.3. The molecule has 0 saturated heterocycles. The Bertz CT molecular complexity index is 1110. The van der Waals surface area contributed by atoms with Crippen molar-refractivity contribution < 1.29 is 23.7 Å². The van der Waals surface area contributed by atoms with Gasteiger partial charge in [0, 0.05) is 5.38 Å². The summed E-state index contributed by atoms with van der Waals surface area (Å²) in [5.41, 5.74) is 1.44. The van der Waals surface area contributed by atoms with Crippen LogP contribution in [0.15, 0.2) is 17.5 Å². The predicted octanol–water partition coefficient (Wildman–Crippen LogP) is 4.31. The number of ether oxygens (including phenoxy) is 4. The summed E-state index contributed by atoms with van der Waals surface area (Å²) in [4.78, 5) is 12.9. The van der Waals surface area contributed by atoms with Crippen molar-refractivity contribution in [1.82, 2.24) is 9.61 Å².